The van der Waals surface area contributed by atoms with Gasteiger partial charge in [-0.3, -0.25) is 0 Å². The van der Waals surface area contributed by atoms with Crippen molar-refractivity contribution in [3.63, 3.8) is 0 Å². The van der Waals surface area contributed by atoms with Crippen LogP contribution >= 0.6 is 22.7 Å². The number of anilines is 2. The maximum atomic E-state index is 5.62. The zero-order chi connectivity index (χ0) is 10.9. The Hall–Kier alpha value is -1.14. The second kappa shape index (κ2) is 3.79. The summed E-state index contributed by atoms with van der Waals surface area (Å²) in [6, 6.07) is 0. The fourth-order valence-electron chi connectivity index (χ4n) is 1.20. The fraction of sp³-hybridized carbons (Fsp3) is 0.333. The Morgan fingerprint density at radius 3 is 2.73 bits per heavy atom. The topological polar surface area (TPSA) is 63.8 Å². The van der Waals surface area contributed by atoms with Crippen LogP contribution < -0.4 is 11.1 Å². The van der Waals surface area contributed by atoms with Crippen molar-refractivity contribution in [2.45, 2.75) is 19.4 Å². The van der Waals surface area contributed by atoms with Gasteiger partial charge in [0.25, 0.3) is 0 Å². The lowest BCUT2D eigenvalue weighted by Crippen LogP contribution is -2.27. The maximum Gasteiger partial charge on any atom is 0.185 e. The van der Waals surface area contributed by atoms with E-state index in [-0.39, 0.29) is 5.54 Å². The minimum atomic E-state index is -0.210. The second-order valence-electron chi connectivity index (χ2n) is 3.66. The minimum Gasteiger partial charge on any atom is -0.389 e. The molecule has 0 aromatic carbocycles. The lowest BCUT2D eigenvalue weighted by atomic mass is 10.1. The minimum absolute atomic E-state index is 0.210. The molecule has 0 amide bonds. The van der Waals surface area contributed by atoms with Gasteiger partial charge in [-0.25, -0.2) is 9.97 Å². The Balaban J connectivity index is 2.18. The van der Waals surface area contributed by atoms with Crippen LogP contribution in [-0.4, -0.2) is 9.97 Å². The summed E-state index contributed by atoms with van der Waals surface area (Å²) in [6.45, 7) is 4.15. The van der Waals surface area contributed by atoms with Gasteiger partial charge in [0, 0.05) is 11.6 Å². The number of rotatable bonds is 3. The SMILES string of the molecule is CC(C)(Nc1ncc(N)s1)c1nccs1. The molecule has 0 aliphatic heterocycles. The van der Waals surface area contributed by atoms with Crippen molar-refractivity contribution >= 4 is 32.8 Å². The van der Waals surface area contributed by atoms with E-state index in [1.54, 1.807) is 23.7 Å². The Kier molecular flexibility index (Phi) is 2.62. The van der Waals surface area contributed by atoms with Crippen LogP contribution in [0.1, 0.15) is 18.9 Å². The van der Waals surface area contributed by atoms with E-state index in [2.05, 4.69) is 29.1 Å². The smallest absolute Gasteiger partial charge is 0.185 e. The van der Waals surface area contributed by atoms with E-state index in [1.165, 1.54) is 11.3 Å². The Labute approximate surface area is 96.2 Å². The average molecular weight is 240 g/mol. The van der Waals surface area contributed by atoms with Gasteiger partial charge in [0.2, 0.25) is 0 Å². The molecule has 0 saturated heterocycles. The quantitative estimate of drug-likeness (QED) is 0.865. The Bertz CT molecular complexity index is 433. The highest BCUT2D eigenvalue weighted by Gasteiger charge is 2.23. The summed E-state index contributed by atoms with van der Waals surface area (Å²) < 4.78 is 0. The molecule has 2 aromatic rings. The molecular weight excluding hydrogens is 228 g/mol. The summed E-state index contributed by atoms with van der Waals surface area (Å²) in [5.74, 6) is 0. The Morgan fingerprint density at radius 1 is 1.40 bits per heavy atom. The molecule has 0 unspecified atom stereocenters. The van der Waals surface area contributed by atoms with Gasteiger partial charge in [0.15, 0.2) is 5.13 Å². The zero-order valence-electron chi connectivity index (χ0n) is 8.52. The first-order valence-electron chi connectivity index (χ1n) is 4.47. The van der Waals surface area contributed by atoms with Crippen LogP contribution in [0.25, 0.3) is 0 Å². The van der Waals surface area contributed by atoms with E-state index in [0.717, 1.165) is 10.1 Å². The predicted octanol–water partition coefficient (Wildman–Crippen LogP) is 2.53. The van der Waals surface area contributed by atoms with Gasteiger partial charge in [-0.2, -0.15) is 0 Å². The van der Waals surface area contributed by atoms with Crippen molar-refractivity contribution in [3.8, 4) is 0 Å². The van der Waals surface area contributed by atoms with Gasteiger partial charge in [-0.15, -0.1) is 11.3 Å². The molecule has 0 fully saturated rings. The van der Waals surface area contributed by atoms with Crippen molar-refractivity contribution < 1.29 is 0 Å². The van der Waals surface area contributed by atoms with Gasteiger partial charge in [-0.05, 0) is 13.8 Å². The van der Waals surface area contributed by atoms with Crippen LogP contribution in [0.15, 0.2) is 17.8 Å². The lowest BCUT2D eigenvalue weighted by Gasteiger charge is -2.23. The van der Waals surface area contributed by atoms with E-state index in [1.807, 2.05) is 5.38 Å². The number of thiazole rings is 2. The second-order valence-corrected chi connectivity index (χ2v) is 5.61. The molecule has 2 aromatic heterocycles. The van der Waals surface area contributed by atoms with E-state index >= 15 is 0 Å². The highest BCUT2D eigenvalue weighted by atomic mass is 32.1. The van der Waals surface area contributed by atoms with E-state index < -0.39 is 0 Å². The molecule has 0 bridgehead atoms. The normalized spacial score (nSPS) is 11.6. The average Bonchev–Trinajstić information content (AvgIpc) is 2.75. The van der Waals surface area contributed by atoms with Crippen LogP contribution in [0.3, 0.4) is 0 Å². The summed E-state index contributed by atoms with van der Waals surface area (Å²) in [5, 5.41) is 7.86. The molecule has 0 saturated carbocycles. The standard InChI is InChI=1S/C9H12N4S2/c1-9(2,7-11-3-4-14-7)13-8-12-5-6(10)15-8/h3-5H,10H2,1-2H3,(H,12,13). The van der Waals surface area contributed by atoms with Crippen molar-refractivity contribution in [1.82, 2.24) is 9.97 Å². The molecule has 0 aliphatic carbocycles. The first kappa shape index (κ1) is 10.4. The van der Waals surface area contributed by atoms with Crippen LogP contribution in [0.5, 0.6) is 0 Å². The lowest BCUT2D eigenvalue weighted by molar-refractivity contribution is 0.603. The Morgan fingerprint density at radius 2 is 2.20 bits per heavy atom. The number of nitrogens with two attached hydrogens (primary N) is 1. The molecule has 6 heteroatoms. The first-order chi connectivity index (χ1) is 7.08. The summed E-state index contributed by atoms with van der Waals surface area (Å²) in [4.78, 5) is 8.46. The number of hydrogen-bond acceptors (Lipinski definition) is 6. The van der Waals surface area contributed by atoms with Gasteiger partial charge in [0.05, 0.1) is 11.7 Å². The molecule has 0 spiro atoms. The first-order valence-corrected chi connectivity index (χ1v) is 6.17. The third-order valence-electron chi connectivity index (χ3n) is 1.91. The molecule has 4 nitrogen and oxygen atoms in total. The summed E-state index contributed by atoms with van der Waals surface area (Å²) in [6.07, 6.45) is 3.46. The number of nitrogen functional groups attached to an aromatic ring is 1. The highest BCUT2D eigenvalue weighted by molar-refractivity contribution is 7.19. The molecule has 0 atom stereocenters. The van der Waals surface area contributed by atoms with Gasteiger partial charge in [-0.1, -0.05) is 11.3 Å². The van der Waals surface area contributed by atoms with Crippen LogP contribution in [-0.2, 0) is 5.54 Å². The summed E-state index contributed by atoms with van der Waals surface area (Å²) in [7, 11) is 0. The zero-order valence-corrected chi connectivity index (χ0v) is 10.2. The number of aromatic nitrogens is 2. The van der Waals surface area contributed by atoms with Crippen molar-refractivity contribution in [3.05, 3.63) is 22.8 Å². The molecule has 15 heavy (non-hydrogen) atoms. The van der Waals surface area contributed by atoms with Crippen LogP contribution in [0.4, 0.5) is 10.1 Å². The molecule has 3 N–H and O–H groups in total. The maximum absolute atomic E-state index is 5.62. The molecule has 2 heterocycles. The monoisotopic (exact) mass is 240 g/mol. The van der Waals surface area contributed by atoms with Gasteiger partial charge in [0.1, 0.15) is 10.0 Å². The number of nitrogens with one attached hydrogen (secondary N) is 1. The molecular formula is C9H12N4S2. The number of nitrogens with zero attached hydrogens (tertiary/aromatic N) is 2. The largest absolute Gasteiger partial charge is 0.389 e. The van der Waals surface area contributed by atoms with E-state index in [4.69, 9.17) is 5.73 Å². The molecule has 2 rings (SSSR count). The van der Waals surface area contributed by atoms with Gasteiger partial charge < -0.3 is 11.1 Å². The summed E-state index contributed by atoms with van der Waals surface area (Å²) in [5.41, 5.74) is 5.41. The molecule has 0 aliphatic rings. The van der Waals surface area contributed by atoms with E-state index in [9.17, 15) is 0 Å². The summed E-state index contributed by atoms with van der Waals surface area (Å²) >= 11 is 3.07. The van der Waals surface area contributed by atoms with Crippen LogP contribution in [0, 0.1) is 0 Å². The highest BCUT2D eigenvalue weighted by Crippen LogP contribution is 2.29. The predicted molar refractivity (Wildman–Crippen MR) is 65.3 cm³/mol. The third kappa shape index (κ3) is 2.27. The fourth-order valence-corrected chi connectivity index (χ4v) is 2.66. The van der Waals surface area contributed by atoms with Gasteiger partial charge >= 0.3 is 0 Å². The molecule has 0 radical (unpaired) electrons. The van der Waals surface area contributed by atoms with Crippen molar-refractivity contribution in [2.75, 3.05) is 11.1 Å². The third-order valence-corrected chi connectivity index (χ3v) is 3.75. The number of hydrogen-bond donors (Lipinski definition) is 2. The van der Waals surface area contributed by atoms with E-state index in [0.29, 0.717) is 5.00 Å². The van der Waals surface area contributed by atoms with Crippen molar-refractivity contribution in [1.29, 1.82) is 0 Å². The van der Waals surface area contributed by atoms with Crippen LogP contribution in [0.2, 0.25) is 0 Å². The van der Waals surface area contributed by atoms with Crippen molar-refractivity contribution in [2.24, 2.45) is 0 Å². The molecule has 80 valence electrons.